The van der Waals surface area contributed by atoms with Crippen molar-refractivity contribution in [3.05, 3.63) is 28.0 Å². The summed E-state index contributed by atoms with van der Waals surface area (Å²) in [7, 11) is 0. The van der Waals surface area contributed by atoms with E-state index in [2.05, 4.69) is 31.4 Å². The van der Waals surface area contributed by atoms with Crippen LogP contribution in [0.25, 0.3) is 0 Å². The van der Waals surface area contributed by atoms with E-state index in [9.17, 15) is 0 Å². The summed E-state index contributed by atoms with van der Waals surface area (Å²) >= 11 is 2.95. The largest absolute Gasteiger partial charge is 0.308 e. The van der Waals surface area contributed by atoms with E-state index < -0.39 is 0 Å². The molecule has 2 aromatic heterocycles. The maximum Gasteiger partial charge on any atom is 0.0916 e. The predicted octanol–water partition coefficient (Wildman–Crippen LogP) is 2.59. The number of hydrogen-bond acceptors (Lipinski definition) is 6. The summed E-state index contributed by atoms with van der Waals surface area (Å²) in [5.74, 6) is 0. The molecule has 0 fully saturated rings. The Morgan fingerprint density at radius 1 is 1.47 bits per heavy atom. The van der Waals surface area contributed by atoms with Gasteiger partial charge in [-0.2, -0.15) is 8.75 Å². The minimum absolute atomic E-state index is 0.232. The number of aromatic nitrogens is 3. The van der Waals surface area contributed by atoms with Crippen LogP contribution in [0.15, 0.2) is 11.6 Å². The Bertz CT molecular complexity index is 438. The van der Waals surface area contributed by atoms with Gasteiger partial charge in [-0.05, 0) is 19.9 Å². The normalized spacial score (nSPS) is 12.8. The molecular weight excluding hydrogens is 252 g/mol. The second-order valence-corrected chi connectivity index (χ2v) is 5.52. The van der Waals surface area contributed by atoms with Crippen molar-refractivity contribution >= 4 is 23.1 Å². The Hall–Kier alpha value is -0.850. The van der Waals surface area contributed by atoms with Gasteiger partial charge in [-0.1, -0.05) is 6.92 Å². The van der Waals surface area contributed by atoms with Crippen molar-refractivity contribution in [2.45, 2.75) is 32.7 Å². The van der Waals surface area contributed by atoms with Crippen LogP contribution in [0.1, 0.15) is 35.8 Å². The van der Waals surface area contributed by atoms with Gasteiger partial charge in [0.15, 0.2) is 0 Å². The van der Waals surface area contributed by atoms with Gasteiger partial charge in [-0.25, -0.2) is 4.98 Å². The van der Waals surface area contributed by atoms with E-state index in [4.69, 9.17) is 0 Å². The molecule has 0 radical (unpaired) electrons. The maximum absolute atomic E-state index is 4.50. The third-order valence-electron chi connectivity index (χ3n) is 2.46. The minimum Gasteiger partial charge on any atom is -0.308 e. The standard InChI is InChI=1S/C11H16N4S2/c1-3-4-12-10(11-6-13-17-15-11)5-9-7-16-8(2)14-9/h6-7,10,12H,3-5H2,1-2H3. The SMILES string of the molecule is CCCNC(Cc1csc(C)n1)c1cnsn1. The number of nitrogens with one attached hydrogen (secondary N) is 1. The van der Waals surface area contributed by atoms with Gasteiger partial charge in [0.1, 0.15) is 0 Å². The fraction of sp³-hybridized carbons (Fsp3) is 0.545. The first-order valence-corrected chi connectivity index (χ1v) is 7.32. The van der Waals surface area contributed by atoms with Crippen LogP contribution in [0.3, 0.4) is 0 Å². The molecule has 6 heteroatoms. The number of aryl methyl sites for hydroxylation is 1. The minimum atomic E-state index is 0.232. The smallest absolute Gasteiger partial charge is 0.0916 e. The fourth-order valence-electron chi connectivity index (χ4n) is 1.64. The third kappa shape index (κ3) is 3.55. The summed E-state index contributed by atoms with van der Waals surface area (Å²) in [6.07, 6.45) is 3.84. The second-order valence-electron chi connectivity index (χ2n) is 3.90. The van der Waals surface area contributed by atoms with Crippen LogP contribution in [0.4, 0.5) is 0 Å². The Kier molecular flexibility index (Phi) is 4.58. The number of rotatable bonds is 6. The highest BCUT2D eigenvalue weighted by atomic mass is 32.1. The molecule has 2 heterocycles. The van der Waals surface area contributed by atoms with Crippen LogP contribution in [-0.2, 0) is 6.42 Å². The lowest BCUT2D eigenvalue weighted by Gasteiger charge is -2.14. The molecule has 0 amide bonds. The first-order chi connectivity index (χ1) is 8.29. The lowest BCUT2D eigenvalue weighted by molar-refractivity contribution is 0.517. The highest BCUT2D eigenvalue weighted by Gasteiger charge is 2.15. The molecule has 0 aliphatic carbocycles. The lowest BCUT2D eigenvalue weighted by atomic mass is 10.1. The molecular formula is C11H16N4S2. The van der Waals surface area contributed by atoms with Crippen molar-refractivity contribution in [3.8, 4) is 0 Å². The molecule has 0 aromatic carbocycles. The van der Waals surface area contributed by atoms with E-state index in [-0.39, 0.29) is 6.04 Å². The van der Waals surface area contributed by atoms with Crippen molar-refractivity contribution in [2.75, 3.05) is 6.54 Å². The summed E-state index contributed by atoms with van der Waals surface area (Å²) in [4.78, 5) is 4.50. The van der Waals surface area contributed by atoms with Crippen molar-refractivity contribution in [1.82, 2.24) is 19.0 Å². The number of thiazole rings is 1. The molecule has 0 aliphatic heterocycles. The van der Waals surface area contributed by atoms with Crippen molar-refractivity contribution in [1.29, 1.82) is 0 Å². The molecule has 17 heavy (non-hydrogen) atoms. The summed E-state index contributed by atoms with van der Waals surface area (Å²) in [6, 6.07) is 0.232. The molecule has 4 nitrogen and oxygen atoms in total. The second kappa shape index (κ2) is 6.18. The average Bonchev–Trinajstić information content (AvgIpc) is 2.95. The monoisotopic (exact) mass is 268 g/mol. The Morgan fingerprint density at radius 2 is 2.35 bits per heavy atom. The van der Waals surface area contributed by atoms with Gasteiger partial charge in [0.2, 0.25) is 0 Å². The molecule has 2 rings (SSSR count). The highest BCUT2D eigenvalue weighted by Crippen LogP contribution is 2.18. The van der Waals surface area contributed by atoms with Crippen molar-refractivity contribution in [2.24, 2.45) is 0 Å². The van der Waals surface area contributed by atoms with E-state index in [1.165, 1.54) is 11.7 Å². The molecule has 0 aliphatic rings. The van der Waals surface area contributed by atoms with E-state index in [1.807, 2.05) is 13.1 Å². The zero-order valence-corrected chi connectivity index (χ0v) is 11.6. The first-order valence-electron chi connectivity index (χ1n) is 5.71. The zero-order valence-electron chi connectivity index (χ0n) is 10.0. The molecule has 0 saturated carbocycles. The molecule has 0 saturated heterocycles. The van der Waals surface area contributed by atoms with Crippen LogP contribution in [0.5, 0.6) is 0 Å². The van der Waals surface area contributed by atoms with Gasteiger partial charge in [-0.15, -0.1) is 11.3 Å². The van der Waals surface area contributed by atoms with Gasteiger partial charge in [0, 0.05) is 11.8 Å². The van der Waals surface area contributed by atoms with Crippen LogP contribution in [-0.4, -0.2) is 20.3 Å². The summed E-state index contributed by atoms with van der Waals surface area (Å²) in [5.41, 5.74) is 2.16. The van der Waals surface area contributed by atoms with Crippen LogP contribution in [0, 0.1) is 6.92 Å². The van der Waals surface area contributed by atoms with Gasteiger partial charge >= 0.3 is 0 Å². The highest BCUT2D eigenvalue weighted by molar-refractivity contribution is 7.09. The molecule has 1 unspecified atom stereocenters. The van der Waals surface area contributed by atoms with Crippen LogP contribution < -0.4 is 5.32 Å². The van der Waals surface area contributed by atoms with Gasteiger partial charge in [0.05, 0.1) is 40.4 Å². The first kappa shape index (κ1) is 12.6. The number of hydrogen-bond donors (Lipinski definition) is 1. The number of nitrogens with zero attached hydrogens (tertiary/aromatic N) is 3. The molecule has 0 bridgehead atoms. The van der Waals surface area contributed by atoms with Crippen molar-refractivity contribution < 1.29 is 0 Å². The van der Waals surface area contributed by atoms with E-state index >= 15 is 0 Å². The maximum atomic E-state index is 4.50. The fourth-order valence-corrected chi connectivity index (χ4v) is 2.73. The quantitative estimate of drug-likeness (QED) is 0.875. The Morgan fingerprint density at radius 3 is 2.94 bits per heavy atom. The van der Waals surface area contributed by atoms with Crippen LogP contribution in [0.2, 0.25) is 0 Å². The van der Waals surface area contributed by atoms with Crippen LogP contribution >= 0.6 is 23.1 Å². The van der Waals surface area contributed by atoms with Gasteiger partial charge < -0.3 is 5.32 Å². The Balaban J connectivity index is 2.05. The van der Waals surface area contributed by atoms with E-state index in [0.29, 0.717) is 0 Å². The molecule has 92 valence electrons. The Labute approximate surface area is 109 Å². The summed E-state index contributed by atoms with van der Waals surface area (Å²) in [6.45, 7) is 5.19. The molecule has 2 aromatic rings. The van der Waals surface area contributed by atoms with E-state index in [0.717, 1.165) is 35.8 Å². The average molecular weight is 268 g/mol. The molecule has 1 atom stereocenters. The van der Waals surface area contributed by atoms with E-state index in [1.54, 1.807) is 11.3 Å². The topological polar surface area (TPSA) is 50.7 Å². The van der Waals surface area contributed by atoms with Gasteiger partial charge in [0.25, 0.3) is 0 Å². The summed E-state index contributed by atoms with van der Waals surface area (Å²) < 4.78 is 8.39. The predicted molar refractivity (Wildman–Crippen MR) is 71.5 cm³/mol. The van der Waals surface area contributed by atoms with Crippen molar-refractivity contribution in [3.63, 3.8) is 0 Å². The van der Waals surface area contributed by atoms with Gasteiger partial charge in [-0.3, -0.25) is 0 Å². The zero-order chi connectivity index (χ0) is 12.1. The lowest BCUT2D eigenvalue weighted by Crippen LogP contribution is -2.24. The third-order valence-corrected chi connectivity index (χ3v) is 3.77. The molecule has 1 N–H and O–H groups in total. The summed E-state index contributed by atoms with van der Waals surface area (Å²) in [5, 5.41) is 6.74. The molecule has 0 spiro atoms.